The van der Waals surface area contributed by atoms with Crippen molar-refractivity contribution in [2.45, 2.75) is 13.3 Å². The molecule has 1 unspecified atom stereocenters. The van der Waals surface area contributed by atoms with Gasteiger partial charge in [0.15, 0.2) is 0 Å². The number of rotatable bonds is 4. The second kappa shape index (κ2) is 5.25. The highest BCUT2D eigenvalue weighted by Crippen LogP contribution is 2.32. The molecule has 1 atom stereocenters. The number of carbonyl (C=O) groups is 1. The molecule has 1 amide bonds. The zero-order valence-electron chi connectivity index (χ0n) is 10.9. The van der Waals surface area contributed by atoms with Crippen molar-refractivity contribution < 1.29 is 9.72 Å². The molecular formula is C10H15N7O3. The lowest BCUT2D eigenvalue weighted by atomic mass is 10.1. The molecule has 1 fully saturated rings. The molecule has 20 heavy (non-hydrogen) atoms. The predicted octanol–water partition coefficient (Wildman–Crippen LogP) is -0.710. The Balaban J connectivity index is 2.42. The third-order valence-electron chi connectivity index (χ3n) is 3.24. The second-order valence-corrected chi connectivity index (χ2v) is 4.54. The first kappa shape index (κ1) is 13.9. The van der Waals surface area contributed by atoms with Crippen LogP contribution in [-0.4, -0.2) is 33.9 Å². The van der Waals surface area contributed by atoms with Gasteiger partial charge in [0, 0.05) is 13.1 Å². The van der Waals surface area contributed by atoms with E-state index in [0.29, 0.717) is 19.5 Å². The maximum Gasteiger partial charge on any atom is 0.332 e. The number of hydrogen-bond donors (Lipinski definition) is 3. The van der Waals surface area contributed by atoms with Crippen molar-refractivity contribution in [1.82, 2.24) is 9.97 Å². The van der Waals surface area contributed by atoms with Gasteiger partial charge < -0.3 is 10.6 Å². The summed E-state index contributed by atoms with van der Waals surface area (Å²) in [5.74, 6) is 4.74. The van der Waals surface area contributed by atoms with E-state index in [1.165, 1.54) is 6.92 Å². The molecule has 1 aliphatic rings. The maximum atomic E-state index is 11.2. The fourth-order valence-electron chi connectivity index (χ4n) is 2.24. The molecule has 0 saturated carbocycles. The third-order valence-corrected chi connectivity index (χ3v) is 3.24. The molecular weight excluding hydrogens is 266 g/mol. The van der Waals surface area contributed by atoms with Crippen LogP contribution in [0, 0.1) is 23.0 Å². The Morgan fingerprint density at radius 3 is 2.75 bits per heavy atom. The molecule has 0 aromatic carbocycles. The number of hydrazine groups is 1. The first-order valence-corrected chi connectivity index (χ1v) is 5.98. The van der Waals surface area contributed by atoms with E-state index in [4.69, 9.17) is 11.6 Å². The van der Waals surface area contributed by atoms with E-state index in [-0.39, 0.29) is 29.1 Å². The highest BCUT2D eigenvalue weighted by molar-refractivity contribution is 5.78. The number of nitrogens with two attached hydrogens (primary N) is 2. The highest BCUT2D eigenvalue weighted by Gasteiger charge is 2.33. The van der Waals surface area contributed by atoms with E-state index in [9.17, 15) is 14.9 Å². The molecule has 2 rings (SSSR count). The number of anilines is 2. The van der Waals surface area contributed by atoms with Gasteiger partial charge in [-0.3, -0.25) is 20.3 Å². The van der Waals surface area contributed by atoms with Gasteiger partial charge in [-0.2, -0.15) is 4.98 Å². The van der Waals surface area contributed by atoms with Gasteiger partial charge in [0.1, 0.15) is 5.69 Å². The zero-order valence-corrected chi connectivity index (χ0v) is 10.9. The minimum atomic E-state index is -0.539. The van der Waals surface area contributed by atoms with Crippen LogP contribution in [0.4, 0.5) is 17.5 Å². The molecule has 108 valence electrons. The summed E-state index contributed by atoms with van der Waals surface area (Å²) in [4.78, 5) is 31.4. The molecule has 1 saturated heterocycles. The monoisotopic (exact) mass is 281 g/mol. The summed E-state index contributed by atoms with van der Waals surface area (Å²) in [5.41, 5.74) is 7.54. The van der Waals surface area contributed by atoms with Crippen LogP contribution in [0.3, 0.4) is 0 Å². The number of nitrogen functional groups attached to an aromatic ring is 1. The molecule has 10 nitrogen and oxygen atoms in total. The molecule has 0 radical (unpaired) electrons. The van der Waals surface area contributed by atoms with Crippen molar-refractivity contribution in [2.24, 2.45) is 17.5 Å². The van der Waals surface area contributed by atoms with E-state index >= 15 is 0 Å². The Hall–Kier alpha value is -2.49. The fraction of sp³-hybridized carbons (Fsp3) is 0.500. The predicted molar refractivity (Wildman–Crippen MR) is 70.7 cm³/mol. The summed E-state index contributed by atoms with van der Waals surface area (Å²) in [6.45, 7) is 2.28. The molecule has 1 aromatic rings. The van der Waals surface area contributed by atoms with Gasteiger partial charge in [0.2, 0.25) is 17.7 Å². The standard InChI is InChI=1S/C10H15N7O3/c1-5-7(17(19)20)9(14-10(13-5)15-12)16-3-2-6(4-16)8(11)18/h6H,2-4,12H2,1H3,(H2,11,18)(H,13,14,15). The average molecular weight is 281 g/mol. The van der Waals surface area contributed by atoms with E-state index in [2.05, 4.69) is 15.4 Å². The minimum Gasteiger partial charge on any atom is -0.369 e. The van der Waals surface area contributed by atoms with Gasteiger partial charge in [-0.25, -0.2) is 10.8 Å². The molecule has 5 N–H and O–H groups in total. The molecule has 0 spiro atoms. The molecule has 1 aliphatic heterocycles. The maximum absolute atomic E-state index is 11.2. The summed E-state index contributed by atoms with van der Waals surface area (Å²) >= 11 is 0. The number of carbonyl (C=O) groups excluding carboxylic acids is 1. The van der Waals surface area contributed by atoms with E-state index < -0.39 is 10.8 Å². The van der Waals surface area contributed by atoms with E-state index in [1.807, 2.05) is 0 Å². The van der Waals surface area contributed by atoms with Crippen molar-refractivity contribution in [3.63, 3.8) is 0 Å². The Morgan fingerprint density at radius 1 is 1.55 bits per heavy atom. The highest BCUT2D eigenvalue weighted by atomic mass is 16.6. The summed E-state index contributed by atoms with van der Waals surface area (Å²) in [6, 6.07) is 0. The molecule has 1 aromatic heterocycles. The number of nitro groups is 1. The van der Waals surface area contributed by atoms with Crippen LogP contribution in [0.25, 0.3) is 0 Å². The number of nitrogens with zero attached hydrogens (tertiary/aromatic N) is 4. The Kier molecular flexibility index (Phi) is 3.66. The number of amides is 1. The number of primary amides is 1. The molecule has 2 heterocycles. The quantitative estimate of drug-likeness (QED) is 0.371. The van der Waals surface area contributed by atoms with Crippen molar-refractivity contribution in [3.05, 3.63) is 15.8 Å². The largest absolute Gasteiger partial charge is 0.369 e. The summed E-state index contributed by atoms with van der Waals surface area (Å²) in [6.07, 6.45) is 0.543. The van der Waals surface area contributed by atoms with Crippen LogP contribution in [0.5, 0.6) is 0 Å². The third kappa shape index (κ3) is 2.45. The van der Waals surface area contributed by atoms with Crippen molar-refractivity contribution >= 4 is 23.4 Å². The zero-order chi connectivity index (χ0) is 14.9. The van der Waals surface area contributed by atoms with Crippen LogP contribution >= 0.6 is 0 Å². The number of hydrogen-bond acceptors (Lipinski definition) is 8. The van der Waals surface area contributed by atoms with Gasteiger partial charge in [0.25, 0.3) is 0 Å². The first-order chi connectivity index (χ1) is 9.43. The Labute approximate surface area is 114 Å². The molecule has 0 aliphatic carbocycles. The Bertz CT molecular complexity index is 562. The van der Waals surface area contributed by atoms with Gasteiger partial charge in [-0.15, -0.1) is 0 Å². The van der Waals surface area contributed by atoms with Gasteiger partial charge in [0.05, 0.1) is 10.8 Å². The first-order valence-electron chi connectivity index (χ1n) is 5.98. The van der Waals surface area contributed by atoms with Crippen LogP contribution < -0.4 is 21.9 Å². The molecule has 10 heteroatoms. The lowest BCUT2D eigenvalue weighted by Crippen LogP contribution is -2.28. The smallest absolute Gasteiger partial charge is 0.332 e. The summed E-state index contributed by atoms with van der Waals surface area (Å²) in [5, 5.41) is 11.2. The fourth-order valence-corrected chi connectivity index (χ4v) is 2.24. The topological polar surface area (TPSA) is 153 Å². The summed E-state index contributed by atoms with van der Waals surface area (Å²) < 4.78 is 0. The van der Waals surface area contributed by atoms with Crippen LogP contribution in [0.15, 0.2) is 0 Å². The van der Waals surface area contributed by atoms with Gasteiger partial charge in [-0.1, -0.05) is 0 Å². The molecule has 0 bridgehead atoms. The van der Waals surface area contributed by atoms with Gasteiger partial charge >= 0.3 is 5.69 Å². The lowest BCUT2D eigenvalue weighted by Gasteiger charge is -2.18. The van der Waals surface area contributed by atoms with Gasteiger partial charge in [-0.05, 0) is 13.3 Å². The second-order valence-electron chi connectivity index (χ2n) is 4.54. The number of aromatic nitrogens is 2. The SMILES string of the molecule is Cc1nc(NN)nc(N2CCC(C(N)=O)C2)c1[N+](=O)[O-]. The van der Waals surface area contributed by atoms with Crippen molar-refractivity contribution in [2.75, 3.05) is 23.4 Å². The lowest BCUT2D eigenvalue weighted by molar-refractivity contribution is -0.385. The van der Waals surface area contributed by atoms with Crippen LogP contribution in [0.2, 0.25) is 0 Å². The number of nitrogens with one attached hydrogen (secondary N) is 1. The normalized spacial score (nSPS) is 18.1. The van der Waals surface area contributed by atoms with Crippen molar-refractivity contribution in [3.8, 4) is 0 Å². The summed E-state index contributed by atoms with van der Waals surface area (Å²) in [7, 11) is 0. The average Bonchev–Trinajstić information content (AvgIpc) is 2.86. The van der Waals surface area contributed by atoms with E-state index in [1.54, 1.807) is 4.90 Å². The van der Waals surface area contributed by atoms with Crippen LogP contribution in [-0.2, 0) is 4.79 Å². The Morgan fingerprint density at radius 2 is 2.25 bits per heavy atom. The number of aryl methyl sites for hydroxylation is 1. The van der Waals surface area contributed by atoms with Crippen molar-refractivity contribution in [1.29, 1.82) is 0 Å². The van der Waals surface area contributed by atoms with E-state index in [0.717, 1.165) is 0 Å². The van der Waals surface area contributed by atoms with Crippen LogP contribution in [0.1, 0.15) is 12.1 Å². The minimum absolute atomic E-state index is 0.0885.